The summed E-state index contributed by atoms with van der Waals surface area (Å²) in [5.41, 5.74) is 1.09. The van der Waals surface area contributed by atoms with E-state index in [4.69, 9.17) is 27.9 Å². The second-order valence-corrected chi connectivity index (χ2v) is 5.64. The van der Waals surface area contributed by atoms with Crippen LogP contribution in [0.5, 0.6) is 0 Å². The maximum atomic E-state index is 6.20. The molecule has 1 saturated heterocycles. The molecule has 2 rings (SSSR count). The molecule has 0 aliphatic carbocycles. The lowest BCUT2D eigenvalue weighted by molar-refractivity contribution is 0.0382. The molecule has 0 radical (unpaired) electrons. The normalized spacial score (nSPS) is 18.5. The number of ether oxygens (including phenoxy) is 1. The van der Waals surface area contributed by atoms with Crippen molar-refractivity contribution in [3.05, 3.63) is 33.8 Å². The molecule has 1 atom stereocenters. The Balaban J connectivity index is 1.78. The van der Waals surface area contributed by atoms with Crippen LogP contribution in [0.3, 0.4) is 0 Å². The minimum absolute atomic E-state index is 0.228. The highest BCUT2D eigenvalue weighted by Crippen LogP contribution is 2.25. The number of benzene rings is 1. The summed E-state index contributed by atoms with van der Waals surface area (Å²) >= 11 is 12.1. The smallest absolute Gasteiger partial charge is 0.0594 e. The number of nitrogens with zero attached hydrogens (tertiary/aromatic N) is 1. The predicted molar refractivity (Wildman–Crippen MR) is 80.1 cm³/mol. The van der Waals surface area contributed by atoms with E-state index in [0.717, 1.165) is 50.0 Å². The average Bonchev–Trinajstić information content (AvgIpc) is 2.39. The topological polar surface area (TPSA) is 24.5 Å². The Bertz CT molecular complexity index is 408. The molecule has 0 spiro atoms. The lowest BCUT2D eigenvalue weighted by Gasteiger charge is -2.27. The van der Waals surface area contributed by atoms with Gasteiger partial charge >= 0.3 is 0 Å². The van der Waals surface area contributed by atoms with Crippen LogP contribution in [0.2, 0.25) is 10.0 Å². The van der Waals surface area contributed by atoms with Gasteiger partial charge in [-0.25, -0.2) is 0 Å². The zero-order valence-corrected chi connectivity index (χ0v) is 12.7. The van der Waals surface area contributed by atoms with Crippen molar-refractivity contribution in [2.75, 3.05) is 39.4 Å². The van der Waals surface area contributed by atoms with E-state index in [-0.39, 0.29) is 6.04 Å². The van der Waals surface area contributed by atoms with E-state index in [1.165, 1.54) is 0 Å². The second kappa shape index (κ2) is 7.46. The molecule has 1 aromatic carbocycles. The van der Waals surface area contributed by atoms with Gasteiger partial charge in [0, 0.05) is 42.3 Å². The van der Waals surface area contributed by atoms with Crippen LogP contribution >= 0.6 is 23.2 Å². The van der Waals surface area contributed by atoms with Crippen molar-refractivity contribution in [2.45, 2.75) is 13.0 Å². The highest BCUT2D eigenvalue weighted by molar-refractivity contribution is 6.35. The molecule has 3 nitrogen and oxygen atoms in total. The minimum atomic E-state index is 0.228. The molecular formula is C14H20Cl2N2O. The van der Waals surface area contributed by atoms with E-state index >= 15 is 0 Å². The zero-order valence-electron chi connectivity index (χ0n) is 11.2. The van der Waals surface area contributed by atoms with Gasteiger partial charge in [0.25, 0.3) is 0 Å². The van der Waals surface area contributed by atoms with Crippen LogP contribution in [0.15, 0.2) is 18.2 Å². The van der Waals surface area contributed by atoms with Gasteiger partial charge in [0.15, 0.2) is 0 Å². The first-order chi connectivity index (χ1) is 9.16. The summed E-state index contributed by atoms with van der Waals surface area (Å²) < 4.78 is 5.33. The van der Waals surface area contributed by atoms with Crippen molar-refractivity contribution >= 4 is 23.2 Å². The van der Waals surface area contributed by atoms with Crippen LogP contribution in [0, 0.1) is 0 Å². The van der Waals surface area contributed by atoms with Crippen molar-refractivity contribution in [2.24, 2.45) is 0 Å². The Morgan fingerprint density at radius 1 is 1.32 bits per heavy atom. The van der Waals surface area contributed by atoms with E-state index in [1.54, 1.807) is 6.07 Å². The fourth-order valence-electron chi connectivity index (χ4n) is 2.23. The SMILES string of the molecule is CC(NCCN1CCOCC1)c1ccc(Cl)cc1Cl. The first-order valence-corrected chi connectivity index (χ1v) is 7.41. The van der Waals surface area contributed by atoms with Gasteiger partial charge in [-0.1, -0.05) is 29.3 Å². The molecular weight excluding hydrogens is 283 g/mol. The Hall–Kier alpha value is -0.320. The molecule has 0 amide bonds. The summed E-state index contributed by atoms with van der Waals surface area (Å²) in [6, 6.07) is 5.88. The lowest BCUT2D eigenvalue weighted by atomic mass is 10.1. The number of nitrogens with one attached hydrogen (secondary N) is 1. The van der Waals surface area contributed by atoms with Crippen molar-refractivity contribution in [1.29, 1.82) is 0 Å². The second-order valence-electron chi connectivity index (χ2n) is 4.80. The van der Waals surface area contributed by atoms with Gasteiger partial charge in [-0.3, -0.25) is 4.90 Å². The van der Waals surface area contributed by atoms with Crippen LogP contribution < -0.4 is 5.32 Å². The molecule has 0 bridgehead atoms. The third-order valence-electron chi connectivity index (χ3n) is 3.41. The number of hydrogen-bond acceptors (Lipinski definition) is 3. The molecule has 1 heterocycles. The molecule has 1 aliphatic rings. The van der Waals surface area contributed by atoms with Gasteiger partial charge in [0.1, 0.15) is 0 Å². The summed E-state index contributed by atoms with van der Waals surface area (Å²) in [5, 5.41) is 4.89. The fraction of sp³-hybridized carbons (Fsp3) is 0.571. The molecule has 1 unspecified atom stereocenters. The number of morpholine rings is 1. The summed E-state index contributed by atoms with van der Waals surface area (Å²) in [5.74, 6) is 0. The van der Waals surface area contributed by atoms with Gasteiger partial charge < -0.3 is 10.1 Å². The van der Waals surface area contributed by atoms with Crippen LogP contribution in [-0.2, 0) is 4.74 Å². The van der Waals surface area contributed by atoms with Crippen LogP contribution in [0.25, 0.3) is 0 Å². The fourth-order valence-corrected chi connectivity index (χ4v) is 2.80. The van der Waals surface area contributed by atoms with Crippen LogP contribution in [0.4, 0.5) is 0 Å². The van der Waals surface area contributed by atoms with Gasteiger partial charge in [-0.15, -0.1) is 0 Å². The maximum Gasteiger partial charge on any atom is 0.0594 e. The number of rotatable bonds is 5. The molecule has 19 heavy (non-hydrogen) atoms. The maximum absolute atomic E-state index is 6.20. The Labute approximate surface area is 124 Å². The molecule has 0 aromatic heterocycles. The van der Waals surface area contributed by atoms with Crippen LogP contribution in [-0.4, -0.2) is 44.3 Å². The van der Waals surface area contributed by atoms with E-state index in [0.29, 0.717) is 5.02 Å². The van der Waals surface area contributed by atoms with Crippen molar-refractivity contribution in [3.63, 3.8) is 0 Å². The first kappa shape index (κ1) is 15.1. The average molecular weight is 303 g/mol. The standard InChI is InChI=1S/C14H20Cl2N2O/c1-11(13-3-2-12(15)10-14(13)16)17-4-5-18-6-8-19-9-7-18/h2-3,10-11,17H,4-9H2,1H3. The Morgan fingerprint density at radius 3 is 2.74 bits per heavy atom. The molecule has 106 valence electrons. The Morgan fingerprint density at radius 2 is 2.05 bits per heavy atom. The summed E-state index contributed by atoms with van der Waals surface area (Å²) in [7, 11) is 0. The third kappa shape index (κ3) is 4.62. The predicted octanol–water partition coefficient (Wildman–Crippen LogP) is 2.98. The lowest BCUT2D eigenvalue weighted by Crippen LogP contribution is -2.40. The van der Waals surface area contributed by atoms with Gasteiger partial charge in [0.05, 0.1) is 13.2 Å². The molecule has 1 N–H and O–H groups in total. The highest BCUT2D eigenvalue weighted by Gasteiger charge is 2.12. The number of hydrogen-bond donors (Lipinski definition) is 1. The van der Waals surface area contributed by atoms with Gasteiger partial charge in [0.2, 0.25) is 0 Å². The van der Waals surface area contributed by atoms with Crippen molar-refractivity contribution in [1.82, 2.24) is 10.2 Å². The molecule has 1 fully saturated rings. The van der Waals surface area contributed by atoms with E-state index in [1.807, 2.05) is 12.1 Å². The quantitative estimate of drug-likeness (QED) is 0.905. The number of halogens is 2. The van der Waals surface area contributed by atoms with Gasteiger partial charge in [-0.05, 0) is 24.6 Å². The summed E-state index contributed by atoms with van der Waals surface area (Å²) in [6.07, 6.45) is 0. The summed E-state index contributed by atoms with van der Waals surface area (Å²) in [4.78, 5) is 2.41. The zero-order chi connectivity index (χ0) is 13.7. The molecule has 0 saturated carbocycles. The molecule has 1 aromatic rings. The monoisotopic (exact) mass is 302 g/mol. The van der Waals surface area contributed by atoms with E-state index < -0.39 is 0 Å². The van der Waals surface area contributed by atoms with Crippen molar-refractivity contribution < 1.29 is 4.74 Å². The largest absolute Gasteiger partial charge is 0.379 e. The van der Waals surface area contributed by atoms with Gasteiger partial charge in [-0.2, -0.15) is 0 Å². The molecule has 5 heteroatoms. The molecule has 1 aliphatic heterocycles. The first-order valence-electron chi connectivity index (χ1n) is 6.65. The van der Waals surface area contributed by atoms with E-state index in [9.17, 15) is 0 Å². The van der Waals surface area contributed by atoms with E-state index in [2.05, 4.69) is 17.1 Å². The minimum Gasteiger partial charge on any atom is -0.379 e. The third-order valence-corrected chi connectivity index (χ3v) is 3.97. The highest BCUT2D eigenvalue weighted by atomic mass is 35.5. The summed E-state index contributed by atoms with van der Waals surface area (Å²) in [6.45, 7) is 7.85. The van der Waals surface area contributed by atoms with Crippen LogP contribution in [0.1, 0.15) is 18.5 Å². The Kier molecular flexibility index (Phi) is 5.92. The van der Waals surface area contributed by atoms with Crippen molar-refractivity contribution in [3.8, 4) is 0 Å².